The first-order valence-corrected chi connectivity index (χ1v) is 7.05. The molecule has 0 aliphatic heterocycles. The third kappa shape index (κ3) is 5.94. The Morgan fingerprint density at radius 3 is 1.94 bits per heavy atom. The number of hydrogen-bond donors (Lipinski definition) is 3. The quantitative estimate of drug-likeness (QED) is 0.430. The van der Waals surface area contributed by atoms with Gasteiger partial charge in [0, 0.05) is 0 Å². The number of aliphatic hydroxyl groups is 1. The highest BCUT2D eigenvalue weighted by atomic mass is 31.2. The molecule has 0 aliphatic rings. The number of phosphoric acid groups is 1. The van der Waals surface area contributed by atoms with Gasteiger partial charge in [-0.15, -0.1) is 0 Å². The molecule has 0 radical (unpaired) electrons. The average molecular weight is 256 g/mol. The van der Waals surface area contributed by atoms with Crippen molar-refractivity contribution >= 4 is 7.82 Å². The number of likely N-dealkylation sites (N-methyl/N-ethyl adjacent to an activating group) is 1. The largest absolute Gasteiger partial charge is 0.469 e. The number of nitrogens with zero attached hydrogens (tertiary/aromatic N) is 1. The number of phosphoric ester groups is 1. The van der Waals surface area contributed by atoms with E-state index in [-0.39, 0.29) is 6.61 Å². The summed E-state index contributed by atoms with van der Waals surface area (Å²) < 4.78 is 15.5. The van der Waals surface area contributed by atoms with Crippen molar-refractivity contribution in [2.45, 2.75) is 26.9 Å². The smallest absolute Gasteiger partial charge is 0.385 e. The van der Waals surface area contributed by atoms with Crippen molar-refractivity contribution in [1.82, 2.24) is 0 Å². The van der Waals surface area contributed by atoms with Gasteiger partial charge in [0.2, 0.25) is 0 Å². The summed E-state index contributed by atoms with van der Waals surface area (Å²) in [6.07, 6.45) is -0.854. The van der Waals surface area contributed by atoms with Gasteiger partial charge in [0.15, 0.2) is 0 Å². The van der Waals surface area contributed by atoms with Crippen molar-refractivity contribution in [3.8, 4) is 0 Å². The van der Waals surface area contributed by atoms with Crippen molar-refractivity contribution in [2.24, 2.45) is 0 Å². The summed E-state index contributed by atoms with van der Waals surface area (Å²) in [6.45, 7) is 8.84. The molecule has 7 heteroatoms. The van der Waals surface area contributed by atoms with E-state index in [1.54, 1.807) is 0 Å². The molecule has 3 N–H and O–H groups in total. The van der Waals surface area contributed by atoms with Gasteiger partial charge in [0.05, 0.1) is 26.2 Å². The highest BCUT2D eigenvalue weighted by Gasteiger charge is 2.26. The summed E-state index contributed by atoms with van der Waals surface area (Å²) in [5.41, 5.74) is 0. The Morgan fingerprint density at radius 2 is 1.62 bits per heavy atom. The lowest BCUT2D eigenvalue weighted by atomic mass is 10.2. The fourth-order valence-electron chi connectivity index (χ4n) is 1.74. The van der Waals surface area contributed by atoms with Crippen LogP contribution < -0.4 is 0 Å². The summed E-state index contributed by atoms with van der Waals surface area (Å²) in [5, 5.41) is 9.66. The van der Waals surface area contributed by atoms with Crippen LogP contribution in [0.4, 0.5) is 0 Å². The zero-order valence-electron chi connectivity index (χ0n) is 10.2. The van der Waals surface area contributed by atoms with E-state index in [0.717, 1.165) is 19.6 Å². The monoisotopic (exact) mass is 256 g/mol. The third-order valence-corrected chi connectivity index (χ3v) is 3.53. The first kappa shape index (κ1) is 16.0. The lowest BCUT2D eigenvalue weighted by molar-refractivity contribution is -0.926. The molecule has 0 fully saturated rings. The molecule has 0 aliphatic carbocycles. The van der Waals surface area contributed by atoms with Gasteiger partial charge in [0.1, 0.15) is 12.6 Å². The van der Waals surface area contributed by atoms with Gasteiger partial charge in [-0.3, -0.25) is 4.52 Å². The van der Waals surface area contributed by atoms with Gasteiger partial charge in [0.25, 0.3) is 0 Å². The number of rotatable bonds is 8. The van der Waals surface area contributed by atoms with E-state index < -0.39 is 13.9 Å². The molecule has 0 saturated heterocycles. The minimum Gasteiger partial charge on any atom is -0.385 e. The van der Waals surface area contributed by atoms with Gasteiger partial charge < -0.3 is 19.4 Å². The molecule has 0 aromatic heterocycles. The zero-order chi connectivity index (χ0) is 12.8. The second-order valence-electron chi connectivity index (χ2n) is 3.91. The molecule has 6 nitrogen and oxygen atoms in total. The predicted molar refractivity (Wildman–Crippen MR) is 60.8 cm³/mol. The van der Waals surface area contributed by atoms with E-state index in [0.29, 0.717) is 11.0 Å². The summed E-state index contributed by atoms with van der Waals surface area (Å²) in [7, 11) is -4.48. The third-order valence-electron chi connectivity index (χ3n) is 3.05. The SMILES string of the molecule is CC[N+](CC)(CC)CC(O)COP(=O)(O)O. The maximum Gasteiger partial charge on any atom is 0.469 e. The maximum atomic E-state index is 10.5. The topological polar surface area (TPSA) is 87.0 Å². The second kappa shape index (κ2) is 6.69. The normalized spacial score (nSPS) is 15.1. The number of hydrogen-bond acceptors (Lipinski definition) is 3. The summed E-state index contributed by atoms with van der Waals surface area (Å²) in [5.74, 6) is 0. The van der Waals surface area contributed by atoms with Gasteiger partial charge in [-0.25, -0.2) is 4.57 Å². The van der Waals surface area contributed by atoms with E-state index in [1.807, 2.05) is 20.8 Å². The molecule has 1 atom stereocenters. The molecule has 16 heavy (non-hydrogen) atoms. The lowest BCUT2D eigenvalue weighted by Crippen LogP contribution is -2.52. The molecular weight excluding hydrogens is 233 g/mol. The van der Waals surface area contributed by atoms with Crippen LogP contribution >= 0.6 is 7.82 Å². The Kier molecular flexibility index (Phi) is 6.70. The van der Waals surface area contributed by atoms with E-state index in [4.69, 9.17) is 9.79 Å². The highest BCUT2D eigenvalue weighted by Crippen LogP contribution is 2.35. The van der Waals surface area contributed by atoms with Gasteiger partial charge in [-0.2, -0.15) is 0 Å². The predicted octanol–water partition coefficient (Wildman–Crippen LogP) is 0.333. The Morgan fingerprint density at radius 1 is 1.19 bits per heavy atom. The molecule has 0 aromatic carbocycles. The number of aliphatic hydroxyl groups excluding tert-OH is 1. The molecule has 0 spiro atoms. The molecular formula is C9H23NO5P+. The molecule has 0 bridgehead atoms. The molecule has 0 saturated carbocycles. The Hall–Kier alpha value is 0.0300. The van der Waals surface area contributed by atoms with E-state index >= 15 is 0 Å². The standard InChI is InChI=1S/C9H22NO5P/c1-4-10(5-2,6-3)7-9(11)8-15-16(12,13)14/h9,11H,4-8H2,1-3H3,(H-,12,13,14)/p+1. The van der Waals surface area contributed by atoms with Crippen LogP contribution in [0.25, 0.3) is 0 Å². The maximum absolute atomic E-state index is 10.5. The average Bonchev–Trinajstić information content (AvgIpc) is 2.22. The van der Waals surface area contributed by atoms with Gasteiger partial charge in [-0.1, -0.05) is 0 Å². The van der Waals surface area contributed by atoms with Gasteiger partial charge in [-0.05, 0) is 20.8 Å². The fraction of sp³-hybridized carbons (Fsp3) is 1.00. The van der Waals surface area contributed by atoms with Crippen LogP contribution in [0.3, 0.4) is 0 Å². The first-order valence-electron chi connectivity index (χ1n) is 5.51. The first-order chi connectivity index (χ1) is 7.28. The van der Waals surface area contributed by atoms with Crippen LogP contribution in [0, 0.1) is 0 Å². The van der Waals surface area contributed by atoms with Crippen LogP contribution in [-0.2, 0) is 9.09 Å². The highest BCUT2D eigenvalue weighted by molar-refractivity contribution is 7.46. The van der Waals surface area contributed by atoms with Crippen molar-refractivity contribution < 1.29 is 28.5 Å². The second-order valence-corrected chi connectivity index (χ2v) is 5.15. The Labute approximate surface area is 96.7 Å². The van der Waals surface area contributed by atoms with Crippen LogP contribution in [-0.4, -0.2) is 58.3 Å². The molecule has 0 rings (SSSR count). The molecule has 0 amide bonds. The van der Waals surface area contributed by atoms with Crippen molar-refractivity contribution in [2.75, 3.05) is 32.8 Å². The summed E-state index contributed by atoms with van der Waals surface area (Å²) in [6, 6.07) is 0. The molecule has 1 unspecified atom stereocenters. The Balaban J connectivity index is 4.20. The van der Waals surface area contributed by atoms with Gasteiger partial charge >= 0.3 is 7.82 Å². The molecule has 0 aromatic rings. The fourth-order valence-corrected chi connectivity index (χ4v) is 2.11. The van der Waals surface area contributed by atoms with Crippen LogP contribution in [0.5, 0.6) is 0 Å². The summed E-state index contributed by atoms with van der Waals surface area (Å²) in [4.78, 5) is 17.0. The van der Waals surface area contributed by atoms with E-state index in [1.165, 1.54) is 0 Å². The van der Waals surface area contributed by atoms with Crippen LogP contribution in [0.1, 0.15) is 20.8 Å². The minimum atomic E-state index is -4.48. The van der Waals surface area contributed by atoms with Crippen molar-refractivity contribution in [3.05, 3.63) is 0 Å². The zero-order valence-corrected chi connectivity index (χ0v) is 11.1. The molecule has 98 valence electrons. The molecule has 0 heterocycles. The van der Waals surface area contributed by atoms with Crippen molar-refractivity contribution in [1.29, 1.82) is 0 Å². The Bertz CT molecular complexity index is 230. The van der Waals surface area contributed by atoms with Crippen molar-refractivity contribution in [3.63, 3.8) is 0 Å². The summed E-state index contributed by atoms with van der Waals surface area (Å²) >= 11 is 0. The lowest BCUT2D eigenvalue weighted by Gasteiger charge is -2.37. The van der Waals surface area contributed by atoms with Crippen LogP contribution in [0.2, 0.25) is 0 Å². The van der Waals surface area contributed by atoms with E-state index in [2.05, 4.69) is 4.52 Å². The number of quaternary nitrogens is 1. The van der Waals surface area contributed by atoms with Crippen LogP contribution in [0.15, 0.2) is 0 Å². The minimum absolute atomic E-state index is 0.329. The van der Waals surface area contributed by atoms with E-state index in [9.17, 15) is 9.67 Å².